The molecule has 0 fully saturated rings. The summed E-state index contributed by atoms with van der Waals surface area (Å²) in [6.45, 7) is 4.10. The van der Waals surface area contributed by atoms with Crippen molar-refractivity contribution in [3.05, 3.63) is 59.2 Å². The first-order chi connectivity index (χ1) is 12.8. The highest BCUT2D eigenvalue weighted by Crippen LogP contribution is 2.33. The number of carbonyl (C=O) groups excluding carboxylic acids is 1. The molecular formula is C19H21F3N2O3S. The van der Waals surface area contributed by atoms with Crippen molar-refractivity contribution in [2.45, 2.75) is 36.6 Å². The second-order valence-electron chi connectivity index (χ2n) is 7.05. The number of aryl methyl sites for hydroxylation is 1. The predicted octanol–water partition coefficient (Wildman–Crippen LogP) is 3.58. The van der Waals surface area contributed by atoms with E-state index in [0.29, 0.717) is 22.9 Å². The summed E-state index contributed by atoms with van der Waals surface area (Å²) in [5, 5.41) is 2.54. The smallest absolute Gasteiger partial charge is 0.399 e. The Morgan fingerprint density at radius 1 is 1.11 bits per heavy atom. The molecule has 0 saturated carbocycles. The number of benzene rings is 2. The van der Waals surface area contributed by atoms with Crippen molar-refractivity contribution >= 4 is 21.4 Å². The van der Waals surface area contributed by atoms with E-state index in [1.807, 2.05) is 0 Å². The van der Waals surface area contributed by atoms with Gasteiger partial charge in [-0.05, 0) is 62.7 Å². The summed E-state index contributed by atoms with van der Waals surface area (Å²) in [4.78, 5) is 11.9. The van der Waals surface area contributed by atoms with E-state index in [0.717, 1.165) is 18.2 Å². The van der Waals surface area contributed by atoms with Crippen molar-refractivity contribution in [2.75, 3.05) is 12.3 Å². The van der Waals surface area contributed by atoms with Crippen molar-refractivity contribution in [3.8, 4) is 0 Å². The molecule has 2 aromatic rings. The zero-order valence-corrected chi connectivity index (χ0v) is 16.4. The Bertz CT molecular complexity index is 1000. The molecule has 0 spiro atoms. The van der Waals surface area contributed by atoms with Crippen molar-refractivity contribution < 1.29 is 26.4 Å². The van der Waals surface area contributed by atoms with E-state index in [-0.39, 0.29) is 6.54 Å². The summed E-state index contributed by atoms with van der Waals surface area (Å²) >= 11 is 0. The van der Waals surface area contributed by atoms with Gasteiger partial charge in [-0.3, -0.25) is 4.79 Å². The number of sulfone groups is 1. The SMILES string of the molecule is Cc1cc(N)ccc1C(=O)NCC(C)(C)S(=O)(=O)c1cccc(C(F)(F)F)c1. The summed E-state index contributed by atoms with van der Waals surface area (Å²) in [5.74, 6) is -0.496. The number of alkyl halides is 3. The Morgan fingerprint density at radius 3 is 2.32 bits per heavy atom. The Hall–Kier alpha value is -2.55. The quantitative estimate of drug-likeness (QED) is 0.732. The van der Waals surface area contributed by atoms with Gasteiger partial charge < -0.3 is 11.1 Å². The van der Waals surface area contributed by atoms with E-state index >= 15 is 0 Å². The molecule has 0 radical (unpaired) electrons. The maximum absolute atomic E-state index is 12.9. The van der Waals surface area contributed by atoms with Crippen LogP contribution in [0.25, 0.3) is 0 Å². The topological polar surface area (TPSA) is 89.3 Å². The maximum atomic E-state index is 12.9. The minimum absolute atomic E-state index is 0.284. The molecule has 0 aliphatic carbocycles. The monoisotopic (exact) mass is 414 g/mol. The number of anilines is 1. The highest BCUT2D eigenvalue weighted by Gasteiger charge is 2.38. The van der Waals surface area contributed by atoms with E-state index < -0.39 is 37.1 Å². The van der Waals surface area contributed by atoms with E-state index in [1.54, 1.807) is 19.1 Å². The van der Waals surface area contributed by atoms with Gasteiger partial charge in [0, 0.05) is 17.8 Å². The number of nitrogens with one attached hydrogen (secondary N) is 1. The number of nitrogen functional groups attached to an aromatic ring is 1. The van der Waals surface area contributed by atoms with Gasteiger partial charge in [0.25, 0.3) is 5.91 Å². The van der Waals surface area contributed by atoms with Crippen LogP contribution in [-0.4, -0.2) is 25.6 Å². The van der Waals surface area contributed by atoms with Gasteiger partial charge in [-0.15, -0.1) is 0 Å². The molecule has 0 aliphatic heterocycles. The van der Waals surface area contributed by atoms with Gasteiger partial charge in [0.05, 0.1) is 15.2 Å². The lowest BCUT2D eigenvalue weighted by Gasteiger charge is -2.26. The van der Waals surface area contributed by atoms with E-state index in [9.17, 15) is 26.4 Å². The van der Waals surface area contributed by atoms with Crippen molar-refractivity contribution in [1.82, 2.24) is 5.32 Å². The molecule has 1 amide bonds. The molecule has 0 aliphatic rings. The fourth-order valence-electron chi connectivity index (χ4n) is 2.58. The summed E-state index contributed by atoms with van der Waals surface area (Å²) in [7, 11) is -4.15. The maximum Gasteiger partial charge on any atom is 0.416 e. The standard InChI is InChI=1S/C19H21F3N2O3S/c1-12-9-14(23)7-8-16(12)17(25)24-11-18(2,3)28(26,27)15-6-4-5-13(10-15)19(20,21)22/h4-10H,11,23H2,1-3H3,(H,24,25). The predicted molar refractivity (Wildman–Crippen MR) is 101 cm³/mol. The normalized spacial score (nSPS) is 12.6. The lowest BCUT2D eigenvalue weighted by molar-refractivity contribution is -0.137. The Kier molecular flexibility index (Phi) is 5.79. The van der Waals surface area contributed by atoms with Crippen LogP contribution in [0.2, 0.25) is 0 Å². The first kappa shape index (κ1) is 21.7. The van der Waals surface area contributed by atoms with Crippen LogP contribution in [0.15, 0.2) is 47.4 Å². The van der Waals surface area contributed by atoms with Crippen molar-refractivity contribution in [3.63, 3.8) is 0 Å². The molecule has 152 valence electrons. The van der Waals surface area contributed by atoms with Gasteiger partial charge in [0.2, 0.25) is 0 Å². The molecule has 0 heterocycles. The minimum Gasteiger partial charge on any atom is -0.399 e. The lowest BCUT2D eigenvalue weighted by atomic mass is 10.1. The van der Waals surface area contributed by atoms with Crippen LogP contribution in [0.5, 0.6) is 0 Å². The zero-order chi connectivity index (χ0) is 21.3. The number of nitrogens with two attached hydrogens (primary N) is 1. The molecule has 0 aromatic heterocycles. The fraction of sp³-hybridized carbons (Fsp3) is 0.316. The third kappa shape index (κ3) is 4.46. The van der Waals surface area contributed by atoms with E-state index in [2.05, 4.69) is 5.32 Å². The second-order valence-corrected chi connectivity index (χ2v) is 9.63. The number of halogens is 3. The van der Waals surface area contributed by atoms with Crippen LogP contribution in [0.3, 0.4) is 0 Å². The molecule has 0 atom stereocenters. The van der Waals surface area contributed by atoms with Crippen LogP contribution in [-0.2, 0) is 16.0 Å². The second kappa shape index (κ2) is 7.46. The zero-order valence-electron chi connectivity index (χ0n) is 15.6. The molecule has 2 rings (SSSR count). The molecule has 3 N–H and O–H groups in total. The largest absolute Gasteiger partial charge is 0.416 e. The summed E-state index contributed by atoms with van der Waals surface area (Å²) in [6, 6.07) is 8.24. The van der Waals surface area contributed by atoms with Crippen LogP contribution in [0, 0.1) is 6.92 Å². The number of amides is 1. The summed E-state index contributed by atoms with van der Waals surface area (Å²) < 4.78 is 62.9. The van der Waals surface area contributed by atoms with Gasteiger partial charge in [-0.2, -0.15) is 13.2 Å². The molecule has 28 heavy (non-hydrogen) atoms. The average Bonchev–Trinajstić information content (AvgIpc) is 2.59. The Morgan fingerprint density at radius 2 is 1.75 bits per heavy atom. The summed E-state index contributed by atoms with van der Waals surface area (Å²) in [5.41, 5.74) is 6.04. The molecule has 0 bridgehead atoms. The molecule has 0 unspecified atom stereocenters. The van der Waals surface area contributed by atoms with Crippen molar-refractivity contribution in [1.29, 1.82) is 0 Å². The summed E-state index contributed by atoms with van der Waals surface area (Å²) in [6.07, 6.45) is -4.66. The number of hydrogen-bond acceptors (Lipinski definition) is 4. The van der Waals surface area contributed by atoms with Gasteiger partial charge in [-0.25, -0.2) is 8.42 Å². The Labute approximate surface area is 161 Å². The van der Waals surface area contributed by atoms with Crippen molar-refractivity contribution in [2.24, 2.45) is 0 Å². The average molecular weight is 414 g/mol. The highest BCUT2D eigenvalue weighted by atomic mass is 32.2. The molecule has 2 aromatic carbocycles. The van der Waals surface area contributed by atoms with E-state index in [4.69, 9.17) is 5.73 Å². The third-order valence-corrected chi connectivity index (χ3v) is 6.84. The molecule has 0 saturated heterocycles. The van der Waals surface area contributed by atoms with Gasteiger partial charge in [-0.1, -0.05) is 6.07 Å². The number of hydrogen-bond donors (Lipinski definition) is 2. The van der Waals surface area contributed by atoms with Crippen LogP contribution in [0.4, 0.5) is 18.9 Å². The van der Waals surface area contributed by atoms with Crippen LogP contribution in [0.1, 0.15) is 35.3 Å². The molecule has 9 heteroatoms. The molecule has 5 nitrogen and oxygen atoms in total. The van der Waals surface area contributed by atoms with Gasteiger partial charge in [0.1, 0.15) is 0 Å². The van der Waals surface area contributed by atoms with Gasteiger partial charge >= 0.3 is 6.18 Å². The first-order valence-electron chi connectivity index (χ1n) is 8.32. The van der Waals surface area contributed by atoms with E-state index in [1.165, 1.54) is 19.9 Å². The third-order valence-electron chi connectivity index (χ3n) is 4.37. The lowest BCUT2D eigenvalue weighted by Crippen LogP contribution is -2.44. The fourth-order valence-corrected chi connectivity index (χ4v) is 4.02. The first-order valence-corrected chi connectivity index (χ1v) is 9.80. The molecular weight excluding hydrogens is 393 g/mol. The highest BCUT2D eigenvalue weighted by molar-refractivity contribution is 7.92. The Balaban J connectivity index is 2.24. The number of carbonyl (C=O) groups is 1. The van der Waals surface area contributed by atoms with Crippen LogP contribution < -0.4 is 11.1 Å². The number of rotatable bonds is 5. The van der Waals surface area contributed by atoms with Gasteiger partial charge in [0.15, 0.2) is 9.84 Å². The minimum atomic E-state index is -4.66. The van der Waals surface area contributed by atoms with Crippen LogP contribution >= 0.6 is 0 Å².